The lowest BCUT2D eigenvalue weighted by Gasteiger charge is -2.38. The maximum Gasteiger partial charge on any atom is 0.255 e. The van der Waals surface area contributed by atoms with E-state index in [2.05, 4.69) is 15.3 Å². The number of sulfonamides is 1. The molecule has 0 saturated carbocycles. The van der Waals surface area contributed by atoms with Gasteiger partial charge in [-0.2, -0.15) is 4.31 Å². The van der Waals surface area contributed by atoms with Gasteiger partial charge in [0.1, 0.15) is 0 Å². The van der Waals surface area contributed by atoms with Crippen LogP contribution in [0.1, 0.15) is 0 Å². The van der Waals surface area contributed by atoms with E-state index in [1.807, 2.05) is 0 Å². The molecule has 0 amide bonds. The molecule has 2 aromatic heterocycles. The van der Waals surface area contributed by atoms with Gasteiger partial charge in [-0.1, -0.05) is 18.2 Å². The van der Waals surface area contributed by atoms with Crippen molar-refractivity contribution in [2.24, 2.45) is 13.0 Å². The van der Waals surface area contributed by atoms with E-state index in [1.54, 1.807) is 61.9 Å². The fourth-order valence-electron chi connectivity index (χ4n) is 3.19. The van der Waals surface area contributed by atoms with Crippen LogP contribution in [0.3, 0.4) is 0 Å². The summed E-state index contributed by atoms with van der Waals surface area (Å²) in [7, 11) is -1.79. The van der Waals surface area contributed by atoms with Gasteiger partial charge in [0, 0.05) is 56.6 Å². The van der Waals surface area contributed by atoms with E-state index in [4.69, 9.17) is 0 Å². The van der Waals surface area contributed by atoms with E-state index in [1.165, 1.54) is 14.9 Å². The largest absolute Gasteiger partial charge is 0.355 e. The summed E-state index contributed by atoms with van der Waals surface area (Å²) in [5.74, 6) is 0.601. The molecule has 0 atom stereocenters. The van der Waals surface area contributed by atoms with Gasteiger partial charge in [0.15, 0.2) is 0 Å². The Kier molecular flexibility index (Phi) is 5.16. The third-order valence-electron chi connectivity index (χ3n) is 4.96. The number of nitrogens with one attached hydrogen (secondary N) is 1. The Bertz CT molecular complexity index is 1160. The lowest BCUT2D eigenvalue weighted by molar-refractivity contribution is 0.211. The summed E-state index contributed by atoms with van der Waals surface area (Å²) in [6.07, 6.45) is 3.30. The summed E-state index contributed by atoms with van der Waals surface area (Å²) in [5, 5.41) is 3.19. The van der Waals surface area contributed by atoms with Gasteiger partial charge in [-0.25, -0.2) is 13.4 Å². The van der Waals surface area contributed by atoms with E-state index in [9.17, 15) is 13.2 Å². The SMILES string of the molecule is Cn1c(NCC2CN(S(=O)(=O)c3ccccc3)C2)nc(-c2ccncc2)cc1=O. The minimum Gasteiger partial charge on any atom is -0.355 e. The first-order valence-corrected chi connectivity index (χ1v) is 10.7. The van der Waals surface area contributed by atoms with Gasteiger partial charge in [-0.05, 0) is 24.3 Å². The molecule has 3 aromatic rings. The van der Waals surface area contributed by atoms with Crippen molar-refractivity contribution in [3.63, 3.8) is 0 Å². The summed E-state index contributed by atoms with van der Waals surface area (Å²) in [4.78, 5) is 21.1. The number of pyridine rings is 1. The average molecular weight is 411 g/mol. The number of aromatic nitrogens is 3. The van der Waals surface area contributed by atoms with E-state index in [-0.39, 0.29) is 11.5 Å². The molecule has 4 rings (SSSR count). The third kappa shape index (κ3) is 3.92. The van der Waals surface area contributed by atoms with Crippen LogP contribution in [0.15, 0.2) is 70.6 Å². The van der Waals surface area contributed by atoms with Crippen molar-refractivity contribution in [3.05, 3.63) is 71.3 Å². The minimum absolute atomic E-state index is 0.148. The Balaban J connectivity index is 1.42. The highest BCUT2D eigenvalue weighted by atomic mass is 32.2. The molecular weight excluding hydrogens is 390 g/mol. The predicted molar refractivity (Wildman–Crippen MR) is 110 cm³/mol. The molecule has 8 nitrogen and oxygen atoms in total. The van der Waals surface area contributed by atoms with Crippen molar-refractivity contribution >= 4 is 16.0 Å². The van der Waals surface area contributed by atoms with Crippen LogP contribution in [0.25, 0.3) is 11.3 Å². The number of rotatable bonds is 6. The summed E-state index contributed by atoms with van der Waals surface area (Å²) in [6, 6.07) is 13.5. The molecule has 1 N–H and O–H groups in total. The number of nitrogens with zero attached hydrogens (tertiary/aromatic N) is 4. The number of benzene rings is 1. The highest BCUT2D eigenvalue weighted by Gasteiger charge is 2.36. The monoisotopic (exact) mass is 411 g/mol. The first kappa shape index (κ1) is 19.3. The van der Waals surface area contributed by atoms with Crippen molar-refractivity contribution in [1.29, 1.82) is 0 Å². The molecule has 1 fully saturated rings. The molecule has 150 valence electrons. The Morgan fingerprint density at radius 2 is 1.79 bits per heavy atom. The van der Waals surface area contributed by atoms with Crippen molar-refractivity contribution in [2.75, 3.05) is 25.0 Å². The normalized spacial score (nSPS) is 15.1. The fraction of sp³-hybridized carbons (Fsp3) is 0.250. The second-order valence-electron chi connectivity index (χ2n) is 6.98. The molecule has 1 aromatic carbocycles. The Labute approximate surface area is 168 Å². The van der Waals surface area contributed by atoms with Crippen molar-refractivity contribution in [1.82, 2.24) is 18.8 Å². The quantitative estimate of drug-likeness (QED) is 0.661. The lowest BCUT2D eigenvalue weighted by Crippen LogP contribution is -2.52. The highest BCUT2D eigenvalue weighted by molar-refractivity contribution is 7.89. The highest BCUT2D eigenvalue weighted by Crippen LogP contribution is 2.25. The molecule has 9 heteroatoms. The Morgan fingerprint density at radius 1 is 1.10 bits per heavy atom. The van der Waals surface area contributed by atoms with Gasteiger partial charge in [-0.3, -0.25) is 14.3 Å². The maximum atomic E-state index is 12.6. The van der Waals surface area contributed by atoms with E-state index in [0.29, 0.717) is 36.2 Å². The van der Waals surface area contributed by atoms with E-state index >= 15 is 0 Å². The average Bonchev–Trinajstić information content (AvgIpc) is 2.71. The molecule has 0 aliphatic carbocycles. The van der Waals surface area contributed by atoms with Crippen molar-refractivity contribution < 1.29 is 8.42 Å². The van der Waals surface area contributed by atoms with Crippen molar-refractivity contribution in [2.45, 2.75) is 4.90 Å². The summed E-state index contributed by atoms with van der Waals surface area (Å²) < 4.78 is 28.1. The van der Waals surface area contributed by atoms with Crippen LogP contribution < -0.4 is 10.9 Å². The van der Waals surface area contributed by atoms with Crippen LogP contribution in [-0.2, 0) is 17.1 Å². The second-order valence-corrected chi connectivity index (χ2v) is 8.92. The lowest BCUT2D eigenvalue weighted by atomic mass is 10.0. The second kappa shape index (κ2) is 7.76. The molecule has 0 spiro atoms. The summed E-state index contributed by atoms with van der Waals surface area (Å²) in [5.41, 5.74) is 1.21. The standard InChI is InChI=1S/C20H21N5O3S/c1-24-19(26)11-18(16-7-9-21-10-8-16)23-20(24)22-12-15-13-25(14-15)29(27,28)17-5-3-2-4-6-17/h2-11,15H,12-14H2,1H3,(H,22,23). The molecule has 0 unspecified atom stereocenters. The van der Waals surface area contributed by atoms with Crippen LogP contribution in [0.2, 0.25) is 0 Å². The smallest absolute Gasteiger partial charge is 0.255 e. The molecule has 0 bridgehead atoms. The molecule has 1 aliphatic heterocycles. The maximum absolute atomic E-state index is 12.6. The van der Waals surface area contributed by atoms with Gasteiger partial charge in [0.2, 0.25) is 16.0 Å². The summed E-state index contributed by atoms with van der Waals surface area (Å²) in [6.45, 7) is 1.39. The first-order valence-electron chi connectivity index (χ1n) is 9.22. The third-order valence-corrected chi connectivity index (χ3v) is 6.81. The number of hydrogen-bond donors (Lipinski definition) is 1. The molecule has 29 heavy (non-hydrogen) atoms. The number of anilines is 1. The molecule has 3 heterocycles. The predicted octanol–water partition coefficient (Wildman–Crippen LogP) is 1.57. The summed E-state index contributed by atoms with van der Waals surface area (Å²) >= 11 is 0. The topological polar surface area (TPSA) is 97.2 Å². The zero-order valence-corrected chi connectivity index (χ0v) is 16.7. The van der Waals surface area contributed by atoms with Gasteiger partial charge < -0.3 is 5.32 Å². The minimum atomic E-state index is -3.45. The van der Waals surface area contributed by atoms with E-state index in [0.717, 1.165) is 5.56 Å². The van der Waals surface area contributed by atoms with E-state index < -0.39 is 10.0 Å². The van der Waals surface area contributed by atoms with Crippen molar-refractivity contribution in [3.8, 4) is 11.3 Å². The van der Waals surface area contributed by atoms with Crippen LogP contribution in [-0.4, -0.2) is 46.9 Å². The number of hydrogen-bond acceptors (Lipinski definition) is 6. The van der Waals surface area contributed by atoms with Gasteiger partial charge in [0.05, 0.1) is 10.6 Å². The molecular formula is C20H21N5O3S. The fourth-order valence-corrected chi connectivity index (χ4v) is 4.81. The van der Waals surface area contributed by atoms with Gasteiger partial charge in [-0.15, -0.1) is 0 Å². The Hall–Kier alpha value is -3.04. The molecule has 1 saturated heterocycles. The van der Waals surface area contributed by atoms with Gasteiger partial charge >= 0.3 is 0 Å². The van der Waals surface area contributed by atoms with Gasteiger partial charge in [0.25, 0.3) is 5.56 Å². The van der Waals surface area contributed by atoms with Crippen LogP contribution in [0.4, 0.5) is 5.95 Å². The Morgan fingerprint density at radius 3 is 2.48 bits per heavy atom. The molecule has 0 radical (unpaired) electrons. The zero-order chi connectivity index (χ0) is 20.4. The van der Waals surface area contributed by atoms with Crippen LogP contribution in [0.5, 0.6) is 0 Å². The van der Waals surface area contributed by atoms with Crippen LogP contribution in [0, 0.1) is 5.92 Å². The van der Waals surface area contributed by atoms with Crippen LogP contribution >= 0.6 is 0 Å². The zero-order valence-electron chi connectivity index (χ0n) is 15.9. The molecule has 1 aliphatic rings. The first-order chi connectivity index (χ1) is 13.9.